The van der Waals surface area contributed by atoms with Crippen LogP contribution in [0.1, 0.15) is 44.0 Å². The van der Waals surface area contributed by atoms with Crippen molar-refractivity contribution < 1.29 is 19.1 Å². The van der Waals surface area contributed by atoms with Gasteiger partial charge in [-0.05, 0) is 30.9 Å². The number of ether oxygens (including phenoxy) is 2. The molecule has 1 aromatic carbocycles. The van der Waals surface area contributed by atoms with Crippen molar-refractivity contribution in [2.45, 2.75) is 45.8 Å². The van der Waals surface area contributed by atoms with Crippen molar-refractivity contribution in [1.29, 1.82) is 0 Å². The molecule has 4 heteroatoms. The Morgan fingerprint density at radius 2 is 2.00 bits per heavy atom. The number of benzene rings is 1. The molecule has 0 N–H and O–H groups in total. The minimum absolute atomic E-state index is 0.0298. The Balaban J connectivity index is 1.87. The molecule has 1 aliphatic rings. The Morgan fingerprint density at radius 1 is 1.30 bits per heavy atom. The first-order chi connectivity index (χ1) is 11.0. The first-order valence-corrected chi connectivity index (χ1v) is 8.35. The van der Waals surface area contributed by atoms with Gasteiger partial charge in [0.1, 0.15) is 6.29 Å². The number of rotatable bonds is 6. The highest BCUT2D eigenvalue weighted by atomic mass is 16.5. The van der Waals surface area contributed by atoms with Gasteiger partial charge < -0.3 is 14.3 Å². The van der Waals surface area contributed by atoms with Gasteiger partial charge >= 0.3 is 5.97 Å². The zero-order valence-corrected chi connectivity index (χ0v) is 14.1. The molecule has 0 radical (unpaired) electrons. The van der Waals surface area contributed by atoms with Crippen LogP contribution in [0.15, 0.2) is 30.3 Å². The van der Waals surface area contributed by atoms with E-state index in [2.05, 4.69) is 6.92 Å². The molecule has 1 heterocycles. The fraction of sp³-hybridized carbons (Fsp3) is 0.579. The van der Waals surface area contributed by atoms with E-state index in [1.807, 2.05) is 32.0 Å². The van der Waals surface area contributed by atoms with Gasteiger partial charge in [-0.2, -0.15) is 0 Å². The summed E-state index contributed by atoms with van der Waals surface area (Å²) in [5.74, 6) is 0.0772. The second-order valence-electron chi connectivity index (χ2n) is 6.63. The Morgan fingerprint density at radius 3 is 2.65 bits per heavy atom. The molecule has 1 aromatic rings. The van der Waals surface area contributed by atoms with Gasteiger partial charge in [0, 0.05) is 11.8 Å². The molecule has 0 saturated carbocycles. The Kier molecular flexibility index (Phi) is 6.34. The topological polar surface area (TPSA) is 52.6 Å². The van der Waals surface area contributed by atoms with Gasteiger partial charge in [-0.3, -0.25) is 0 Å². The molecule has 0 amide bonds. The first-order valence-electron chi connectivity index (χ1n) is 8.35. The first kappa shape index (κ1) is 17.7. The van der Waals surface area contributed by atoms with Crippen LogP contribution >= 0.6 is 0 Å². The van der Waals surface area contributed by atoms with Crippen molar-refractivity contribution in [3.63, 3.8) is 0 Å². The lowest BCUT2D eigenvalue weighted by molar-refractivity contribution is -0.139. The molecule has 4 nitrogen and oxygen atoms in total. The van der Waals surface area contributed by atoms with E-state index < -0.39 is 0 Å². The standard InChI is InChI=1S/C19H26O4/c1-13-9-10-17(23-18(13)14(2)11-20)15(3)12-22-19(21)16-7-5-4-6-8-16/h4-8,11,13-15,17-18H,9-10,12H2,1-3H3/t13-,14-,15+,17-,18-/m0/s1. The fourth-order valence-corrected chi connectivity index (χ4v) is 3.11. The minimum Gasteiger partial charge on any atom is -0.462 e. The third-order valence-electron chi connectivity index (χ3n) is 4.65. The van der Waals surface area contributed by atoms with E-state index in [0.717, 1.165) is 19.1 Å². The maximum absolute atomic E-state index is 12.0. The zero-order valence-electron chi connectivity index (χ0n) is 14.1. The average Bonchev–Trinajstić information content (AvgIpc) is 2.59. The van der Waals surface area contributed by atoms with Crippen LogP contribution in [0.4, 0.5) is 0 Å². The van der Waals surface area contributed by atoms with Crippen LogP contribution < -0.4 is 0 Å². The monoisotopic (exact) mass is 318 g/mol. The Labute approximate surface area is 138 Å². The Hall–Kier alpha value is -1.68. The summed E-state index contributed by atoms with van der Waals surface area (Å²) in [6, 6.07) is 8.99. The van der Waals surface area contributed by atoms with Gasteiger partial charge in [0.2, 0.25) is 0 Å². The van der Waals surface area contributed by atoms with Crippen LogP contribution in [-0.4, -0.2) is 31.1 Å². The van der Waals surface area contributed by atoms with E-state index in [0.29, 0.717) is 18.1 Å². The predicted octanol–water partition coefficient (Wildman–Crippen LogP) is 3.50. The fourth-order valence-electron chi connectivity index (χ4n) is 3.11. The number of carbonyl (C=O) groups excluding carboxylic acids is 2. The minimum atomic E-state index is -0.306. The number of esters is 1. The summed E-state index contributed by atoms with van der Waals surface area (Å²) in [4.78, 5) is 23.0. The van der Waals surface area contributed by atoms with E-state index in [-0.39, 0.29) is 30.0 Å². The van der Waals surface area contributed by atoms with Crippen LogP contribution in [0, 0.1) is 17.8 Å². The second-order valence-corrected chi connectivity index (χ2v) is 6.63. The van der Waals surface area contributed by atoms with E-state index >= 15 is 0 Å². The highest BCUT2D eigenvalue weighted by Gasteiger charge is 2.34. The highest BCUT2D eigenvalue weighted by Crippen LogP contribution is 2.32. The molecule has 1 saturated heterocycles. The maximum Gasteiger partial charge on any atom is 0.338 e. The largest absolute Gasteiger partial charge is 0.462 e. The molecule has 0 unspecified atom stereocenters. The number of carbonyl (C=O) groups is 2. The number of hydrogen-bond donors (Lipinski definition) is 0. The summed E-state index contributed by atoms with van der Waals surface area (Å²) in [6.45, 7) is 6.38. The van der Waals surface area contributed by atoms with Gasteiger partial charge in [0.15, 0.2) is 0 Å². The van der Waals surface area contributed by atoms with Crippen molar-refractivity contribution >= 4 is 12.3 Å². The van der Waals surface area contributed by atoms with E-state index in [1.165, 1.54) is 0 Å². The molecule has 0 aromatic heterocycles. The van der Waals surface area contributed by atoms with E-state index in [4.69, 9.17) is 9.47 Å². The third-order valence-corrected chi connectivity index (χ3v) is 4.65. The lowest BCUT2D eigenvalue weighted by atomic mass is 9.84. The summed E-state index contributed by atoms with van der Waals surface area (Å²) in [6.07, 6.45) is 2.92. The average molecular weight is 318 g/mol. The van der Waals surface area contributed by atoms with Crippen molar-refractivity contribution in [3.05, 3.63) is 35.9 Å². The molecule has 0 aliphatic carbocycles. The van der Waals surface area contributed by atoms with Crippen LogP contribution in [0.3, 0.4) is 0 Å². The van der Waals surface area contributed by atoms with Crippen LogP contribution in [0.25, 0.3) is 0 Å². The predicted molar refractivity (Wildman–Crippen MR) is 88.2 cm³/mol. The smallest absolute Gasteiger partial charge is 0.338 e. The lowest BCUT2D eigenvalue weighted by Crippen LogP contribution is -2.42. The zero-order chi connectivity index (χ0) is 16.8. The molecule has 1 aliphatic heterocycles. The molecule has 23 heavy (non-hydrogen) atoms. The van der Waals surface area contributed by atoms with Crippen molar-refractivity contribution in [2.75, 3.05) is 6.61 Å². The van der Waals surface area contributed by atoms with Gasteiger partial charge in [-0.15, -0.1) is 0 Å². The van der Waals surface area contributed by atoms with Crippen LogP contribution in [0.5, 0.6) is 0 Å². The molecule has 0 spiro atoms. The van der Waals surface area contributed by atoms with E-state index in [9.17, 15) is 9.59 Å². The molecule has 126 valence electrons. The summed E-state index contributed by atoms with van der Waals surface area (Å²) in [7, 11) is 0. The van der Waals surface area contributed by atoms with Crippen LogP contribution in [0.2, 0.25) is 0 Å². The Bertz CT molecular complexity index is 513. The molecule has 0 bridgehead atoms. The number of hydrogen-bond acceptors (Lipinski definition) is 4. The van der Waals surface area contributed by atoms with Gasteiger partial charge in [0.05, 0.1) is 24.4 Å². The SMILES string of the molecule is C[C@H](COC(=O)c1ccccc1)[C@@H]1CC[C@H](C)[C@@H]([C@@H](C)C=O)O1. The molecule has 2 rings (SSSR count). The molecular formula is C19H26O4. The van der Waals surface area contributed by atoms with E-state index in [1.54, 1.807) is 12.1 Å². The maximum atomic E-state index is 12.0. The molecular weight excluding hydrogens is 292 g/mol. The van der Waals surface area contributed by atoms with Crippen LogP contribution in [-0.2, 0) is 14.3 Å². The van der Waals surface area contributed by atoms with Gasteiger partial charge in [0.25, 0.3) is 0 Å². The number of aldehydes is 1. The molecule has 1 fully saturated rings. The summed E-state index contributed by atoms with van der Waals surface area (Å²) in [5.41, 5.74) is 0.560. The quantitative estimate of drug-likeness (QED) is 0.595. The summed E-state index contributed by atoms with van der Waals surface area (Å²) >= 11 is 0. The van der Waals surface area contributed by atoms with Gasteiger partial charge in [-0.25, -0.2) is 4.79 Å². The third kappa shape index (κ3) is 4.64. The normalized spacial score (nSPS) is 27.0. The summed E-state index contributed by atoms with van der Waals surface area (Å²) < 4.78 is 11.5. The van der Waals surface area contributed by atoms with Gasteiger partial charge in [-0.1, -0.05) is 39.0 Å². The lowest BCUT2D eigenvalue weighted by Gasteiger charge is -2.39. The van der Waals surface area contributed by atoms with Crippen molar-refractivity contribution in [3.8, 4) is 0 Å². The molecule has 5 atom stereocenters. The summed E-state index contributed by atoms with van der Waals surface area (Å²) in [5, 5.41) is 0. The van der Waals surface area contributed by atoms with Crippen molar-refractivity contribution in [2.24, 2.45) is 17.8 Å². The van der Waals surface area contributed by atoms with Crippen molar-refractivity contribution in [1.82, 2.24) is 0 Å². The highest BCUT2D eigenvalue weighted by molar-refractivity contribution is 5.89. The second kappa shape index (κ2) is 8.25.